The molecule has 0 spiro atoms. The van der Waals surface area contributed by atoms with Gasteiger partial charge in [0.05, 0.1) is 18.7 Å². The number of hydrogen-bond acceptors (Lipinski definition) is 3. The fourth-order valence-electron chi connectivity index (χ4n) is 1.57. The van der Waals surface area contributed by atoms with Gasteiger partial charge in [0.15, 0.2) is 0 Å². The first kappa shape index (κ1) is 10.4. The van der Waals surface area contributed by atoms with E-state index < -0.39 is 0 Å². The number of fused-ring (bicyclic) bond motifs is 1. The van der Waals surface area contributed by atoms with Crippen LogP contribution in [0, 0.1) is 0 Å². The summed E-state index contributed by atoms with van der Waals surface area (Å²) >= 11 is 3.37. The molecule has 0 radical (unpaired) electrons. The Morgan fingerprint density at radius 3 is 3.13 bits per heavy atom. The molecular weight excluding hydrogens is 258 g/mol. The van der Waals surface area contributed by atoms with Crippen molar-refractivity contribution in [3.05, 3.63) is 33.3 Å². The summed E-state index contributed by atoms with van der Waals surface area (Å²) in [7, 11) is 0. The van der Waals surface area contributed by atoms with Gasteiger partial charge in [0.25, 0.3) is 0 Å². The number of aliphatic imine (C=N–C) groups is 1. The molecule has 0 unspecified atom stereocenters. The minimum absolute atomic E-state index is 0.289. The van der Waals surface area contributed by atoms with Crippen LogP contribution in [-0.2, 0) is 11.3 Å². The van der Waals surface area contributed by atoms with Crippen molar-refractivity contribution in [1.29, 1.82) is 0 Å². The number of ether oxygens (including phenoxy) is 1. The maximum Gasteiger partial charge on any atom is 0.338 e. The predicted octanol–water partition coefficient (Wildman–Crippen LogP) is 2.56. The van der Waals surface area contributed by atoms with Crippen LogP contribution in [0.4, 0.5) is 0 Å². The SMILES string of the molecule is CCOC(=O)c1cc(Br)cc2c1C=NC2. The Morgan fingerprint density at radius 2 is 2.40 bits per heavy atom. The second-order valence-electron chi connectivity index (χ2n) is 3.22. The summed E-state index contributed by atoms with van der Waals surface area (Å²) in [5.41, 5.74) is 2.53. The van der Waals surface area contributed by atoms with Crippen LogP contribution in [0.15, 0.2) is 21.6 Å². The highest BCUT2D eigenvalue weighted by molar-refractivity contribution is 9.10. The molecule has 1 aromatic rings. The molecule has 0 atom stereocenters. The lowest BCUT2D eigenvalue weighted by atomic mass is 10.0. The number of halogens is 1. The Hall–Kier alpha value is -1.16. The predicted molar refractivity (Wildman–Crippen MR) is 61.4 cm³/mol. The van der Waals surface area contributed by atoms with E-state index >= 15 is 0 Å². The van der Waals surface area contributed by atoms with Crippen molar-refractivity contribution >= 4 is 28.1 Å². The molecule has 1 heterocycles. The van der Waals surface area contributed by atoms with Gasteiger partial charge >= 0.3 is 5.97 Å². The van der Waals surface area contributed by atoms with Crippen molar-refractivity contribution in [3.63, 3.8) is 0 Å². The zero-order valence-corrected chi connectivity index (χ0v) is 9.87. The van der Waals surface area contributed by atoms with E-state index in [1.807, 2.05) is 6.07 Å². The van der Waals surface area contributed by atoms with E-state index in [1.54, 1.807) is 19.2 Å². The van der Waals surface area contributed by atoms with Crippen LogP contribution in [-0.4, -0.2) is 18.8 Å². The molecule has 0 aromatic heterocycles. The average molecular weight is 268 g/mol. The van der Waals surface area contributed by atoms with E-state index in [-0.39, 0.29) is 5.97 Å². The van der Waals surface area contributed by atoms with Crippen LogP contribution in [0.3, 0.4) is 0 Å². The summed E-state index contributed by atoms with van der Waals surface area (Å²) in [6, 6.07) is 3.75. The van der Waals surface area contributed by atoms with Gasteiger partial charge in [-0.2, -0.15) is 0 Å². The molecule has 78 valence electrons. The Bertz CT molecular complexity index is 440. The summed E-state index contributed by atoms with van der Waals surface area (Å²) in [6.45, 7) is 2.82. The smallest absolute Gasteiger partial charge is 0.338 e. The number of esters is 1. The molecule has 0 aliphatic carbocycles. The highest BCUT2D eigenvalue weighted by Gasteiger charge is 2.18. The molecule has 15 heavy (non-hydrogen) atoms. The first-order valence-corrected chi connectivity index (χ1v) is 5.51. The quantitative estimate of drug-likeness (QED) is 0.773. The van der Waals surface area contributed by atoms with Gasteiger partial charge in [0.2, 0.25) is 0 Å². The van der Waals surface area contributed by atoms with E-state index in [4.69, 9.17) is 4.74 Å². The van der Waals surface area contributed by atoms with E-state index in [0.717, 1.165) is 15.6 Å². The zero-order valence-electron chi connectivity index (χ0n) is 8.29. The van der Waals surface area contributed by atoms with Crippen molar-refractivity contribution in [1.82, 2.24) is 0 Å². The standard InChI is InChI=1S/C11H10BrNO2/c1-2-15-11(14)9-4-8(12)3-7-5-13-6-10(7)9/h3-4,6H,2,5H2,1H3. The van der Waals surface area contributed by atoms with Gasteiger partial charge in [-0.15, -0.1) is 0 Å². The number of benzene rings is 1. The van der Waals surface area contributed by atoms with Gasteiger partial charge in [-0.1, -0.05) is 15.9 Å². The van der Waals surface area contributed by atoms with Crippen LogP contribution < -0.4 is 0 Å². The fourth-order valence-corrected chi connectivity index (χ4v) is 2.08. The summed E-state index contributed by atoms with van der Waals surface area (Å²) in [5.74, 6) is -0.289. The molecule has 3 nitrogen and oxygen atoms in total. The molecule has 1 aromatic carbocycles. The van der Waals surface area contributed by atoms with Crippen molar-refractivity contribution in [2.45, 2.75) is 13.5 Å². The lowest BCUT2D eigenvalue weighted by Gasteiger charge is -2.07. The Kier molecular flexibility index (Phi) is 2.86. The summed E-state index contributed by atoms with van der Waals surface area (Å²) in [4.78, 5) is 15.8. The van der Waals surface area contributed by atoms with Crippen LogP contribution in [0.1, 0.15) is 28.4 Å². The van der Waals surface area contributed by atoms with E-state index in [0.29, 0.717) is 18.7 Å². The second kappa shape index (κ2) is 4.14. The number of carbonyl (C=O) groups is 1. The van der Waals surface area contributed by atoms with E-state index in [1.165, 1.54) is 0 Å². The summed E-state index contributed by atoms with van der Waals surface area (Å²) < 4.78 is 5.87. The van der Waals surface area contributed by atoms with Crippen molar-refractivity contribution in [2.24, 2.45) is 4.99 Å². The van der Waals surface area contributed by atoms with Gasteiger partial charge in [0.1, 0.15) is 0 Å². The third-order valence-corrected chi connectivity index (χ3v) is 2.67. The molecule has 1 aliphatic heterocycles. The third-order valence-electron chi connectivity index (χ3n) is 2.21. The molecule has 4 heteroatoms. The topological polar surface area (TPSA) is 38.7 Å². The molecule has 2 rings (SSSR count). The zero-order chi connectivity index (χ0) is 10.8. The molecule has 0 amide bonds. The molecule has 0 saturated heterocycles. The maximum absolute atomic E-state index is 11.7. The number of rotatable bonds is 2. The lowest BCUT2D eigenvalue weighted by Crippen LogP contribution is -2.08. The van der Waals surface area contributed by atoms with Crippen LogP contribution in [0.5, 0.6) is 0 Å². The number of carbonyl (C=O) groups excluding carboxylic acids is 1. The minimum Gasteiger partial charge on any atom is -0.462 e. The van der Waals surface area contributed by atoms with Crippen molar-refractivity contribution < 1.29 is 9.53 Å². The average Bonchev–Trinajstić information content (AvgIpc) is 2.64. The van der Waals surface area contributed by atoms with Crippen LogP contribution in [0.25, 0.3) is 0 Å². The summed E-state index contributed by atoms with van der Waals surface area (Å²) in [5, 5.41) is 0. The second-order valence-corrected chi connectivity index (χ2v) is 4.13. The number of hydrogen-bond donors (Lipinski definition) is 0. The third kappa shape index (κ3) is 1.95. The number of nitrogens with zero attached hydrogens (tertiary/aromatic N) is 1. The molecule has 0 saturated carbocycles. The van der Waals surface area contributed by atoms with Gasteiger partial charge < -0.3 is 4.74 Å². The maximum atomic E-state index is 11.7. The van der Waals surface area contributed by atoms with E-state index in [9.17, 15) is 4.79 Å². The Labute approximate surface area is 96.3 Å². The van der Waals surface area contributed by atoms with Crippen molar-refractivity contribution in [2.75, 3.05) is 6.61 Å². The normalized spacial score (nSPS) is 12.7. The lowest BCUT2D eigenvalue weighted by molar-refractivity contribution is 0.0526. The van der Waals surface area contributed by atoms with Gasteiger partial charge in [-0.3, -0.25) is 4.99 Å². The highest BCUT2D eigenvalue weighted by atomic mass is 79.9. The molecule has 0 bridgehead atoms. The molecule has 0 N–H and O–H groups in total. The first-order chi connectivity index (χ1) is 7.22. The van der Waals surface area contributed by atoms with Gasteiger partial charge in [0, 0.05) is 16.3 Å². The minimum atomic E-state index is -0.289. The Morgan fingerprint density at radius 1 is 1.60 bits per heavy atom. The van der Waals surface area contributed by atoms with Gasteiger partial charge in [-0.25, -0.2) is 4.79 Å². The molecule has 1 aliphatic rings. The molecular formula is C11H10BrNO2. The van der Waals surface area contributed by atoms with E-state index in [2.05, 4.69) is 20.9 Å². The van der Waals surface area contributed by atoms with Gasteiger partial charge in [-0.05, 0) is 24.6 Å². The van der Waals surface area contributed by atoms with Crippen molar-refractivity contribution in [3.8, 4) is 0 Å². The first-order valence-electron chi connectivity index (χ1n) is 4.71. The Balaban J connectivity index is 2.46. The van der Waals surface area contributed by atoms with Crippen LogP contribution in [0.2, 0.25) is 0 Å². The fraction of sp³-hybridized carbons (Fsp3) is 0.273. The summed E-state index contributed by atoms with van der Waals surface area (Å²) in [6.07, 6.45) is 1.73. The highest BCUT2D eigenvalue weighted by Crippen LogP contribution is 2.24. The molecule has 0 fully saturated rings. The van der Waals surface area contributed by atoms with Crippen LogP contribution >= 0.6 is 15.9 Å². The largest absolute Gasteiger partial charge is 0.462 e. The monoisotopic (exact) mass is 267 g/mol.